The Morgan fingerprint density at radius 3 is 2.29 bits per heavy atom. The van der Waals surface area contributed by atoms with Crippen molar-refractivity contribution in [3.8, 4) is 11.3 Å². The van der Waals surface area contributed by atoms with Crippen LogP contribution in [0.25, 0.3) is 28.2 Å². The zero-order chi connectivity index (χ0) is 28.6. The first-order chi connectivity index (χ1) is 20.5. The second kappa shape index (κ2) is 11.2. The molecule has 0 N–H and O–H groups in total. The number of fused-ring (bicyclic) bond motifs is 2. The van der Waals surface area contributed by atoms with E-state index in [0.717, 1.165) is 63.8 Å². The highest BCUT2D eigenvalue weighted by atomic mass is 35.5. The van der Waals surface area contributed by atoms with Crippen LogP contribution in [0.4, 0.5) is 0 Å². The molecule has 1 aromatic heterocycles. The van der Waals surface area contributed by atoms with Gasteiger partial charge in [-0.15, -0.1) is 0 Å². The fourth-order valence-corrected chi connectivity index (χ4v) is 6.41. The van der Waals surface area contributed by atoms with E-state index in [2.05, 4.69) is 6.08 Å². The van der Waals surface area contributed by atoms with Gasteiger partial charge in [-0.05, 0) is 78.4 Å². The molecule has 5 aromatic rings. The molecule has 2 heterocycles. The molecule has 1 amide bonds. The lowest BCUT2D eigenvalue weighted by Crippen LogP contribution is -2.32. The predicted octanol–water partition coefficient (Wildman–Crippen LogP) is 9.65. The van der Waals surface area contributed by atoms with Crippen LogP contribution in [0.15, 0.2) is 120 Å². The van der Waals surface area contributed by atoms with Crippen molar-refractivity contribution in [2.75, 3.05) is 0 Å². The first-order valence-electron chi connectivity index (χ1n) is 14.1. The average molecular weight is 589 g/mol. The first kappa shape index (κ1) is 26.6. The van der Waals surface area contributed by atoms with E-state index in [0.29, 0.717) is 15.6 Å². The lowest BCUT2D eigenvalue weighted by molar-refractivity contribution is 0.0683. The van der Waals surface area contributed by atoms with Crippen LogP contribution in [0.2, 0.25) is 10.0 Å². The molecule has 42 heavy (non-hydrogen) atoms. The summed E-state index contributed by atoms with van der Waals surface area (Å²) >= 11 is 12.4. The third-order valence-electron chi connectivity index (χ3n) is 8.15. The molecular weight excluding hydrogens is 561 g/mol. The van der Waals surface area contributed by atoms with E-state index < -0.39 is 0 Å². The maximum atomic E-state index is 14.7. The summed E-state index contributed by atoms with van der Waals surface area (Å²) in [6.07, 6.45) is 5.05. The molecule has 7 rings (SSSR count). The van der Waals surface area contributed by atoms with E-state index in [9.17, 15) is 4.79 Å². The van der Waals surface area contributed by atoms with Gasteiger partial charge in [0.1, 0.15) is 0 Å². The van der Waals surface area contributed by atoms with Crippen molar-refractivity contribution in [3.63, 3.8) is 0 Å². The number of hydrogen-bond acceptors (Lipinski definition) is 3. The Morgan fingerprint density at radius 1 is 0.833 bits per heavy atom. The van der Waals surface area contributed by atoms with Crippen molar-refractivity contribution in [1.82, 2.24) is 9.99 Å². The van der Waals surface area contributed by atoms with Gasteiger partial charge in [-0.2, -0.15) is 5.10 Å². The highest BCUT2D eigenvalue weighted by molar-refractivity contribution is 6.30. The molecule has 0 bridgehead atoms. The third kappa shape index (κ3) is 5.02. The largest absolute Gasteiger partial charge is 0.275 e. The van der Waals surface area contributed by atoms with Crippen LogP contribution >= 0.6 is 23.2 Å². The molecule has 1 saturated carbocycles. The van der Waals surface area contributed by atoms with Crippen LogP contribution in [-0.4, -0.2) is 21.6 Å². The Bertz CT molecular complexity index is 1850. The fourth-order valence-electron chi connectivity index (χ4n) is 6.15. The van der Waals surface area contributed by atoms with Crippen LogP contribution < -0.4 is 0 Å². The number of hydrogen-bond donors (Lipinski definition) is 0. The van der Waals surface area contributed by atoms with Crippen molar-refractivity contribution in [2.24, 2.45) is 11.0 Å². The van der Waals surface area contributed by atoms with Crippen molar-refractivity contribution in [2.45, 2.75) is 25.3 Å². The summed E-state index contributed by atoms with van der Waals surface area (Å²) in [5.74, 6) is -0.0670. The normalized spacial score (nSPS) is 19.1. The number of rotatable bonds is 4. The number of pyridine rings is 1. The number of para-hydroxylation sites is 1. The Kier molecular flexibility index (Phi) is 7.10. The SMILES string of the molecule is O=C(c1cc(-c2ccccc2)nc2ccccc12)N1N=C2/C(=C\c3ccc(Cl)cc3)CCC[C@H]2[C@H]1c1ccc(Cl)cc1. The first-order valence-corrected chi connectivity index (χ1v) is 14.9. The average Bonchev–Trinajstić information content (AvgIpc) is 3.43. The molecule has 0 unspecified atom stereocenters. The van der Waals surface area contributed by atoms with Gasteiger partial charge in [0.05, 0.1) is 28.5 Å². The van der Waals surface area contributed by atoms with Crippen LogP contribution in [0.1, 0.15) is 46.8 Å². The lowest BCUT2D eigenvalue weighted by atomic mass is 9.77. The van der Waals surface area contributed by atoms with Gasteiger partial charge in [-0.25, -0.2) is 9.99 Å². The minimum Gasteiger partial charge on any atom is -0.267 e. The number of allylic oxidation sites excluding steroid dienone is 1. The zero-order valence-corrected chi connectivity index (χ0v) is 24.3. The topological polar surface area (TPSA) is 45.6 Å². The molecule has 0 saturated heterocycles. The van der Waals surface area contributed by atoms with Crippen LogP contribution in [0.3, 0.4) is 0 Å². The molecule has 1 aliphatic carbocycles. The molecule has 4 nitrogen and oxygen atoms in total. The molecule has 2 atom stereocenters. The summed E-state index contributed by atoms with van der Waals surface area (Å²) in [6, 6.07) is 35.1. The Balaban J connectivity index is 1.37. The van der Waals surface area contributed by atoms with E-state index in [-0.39, 0.29) is 17.9 Å². The van der Waals surface area contributed by atoms with Gasteiger partial charge >= 0.3 is 0 Å². The van der Waals surface area contributed by atoms with Gasteiger partial charge in [0.25, 0.3) is 5.91 Å². The molecule has 0 spiro atoms. The van der Waals surface area contributed by atoms with E-state index in [1.807, 2.05) is 109 Å². The smallest absolute Gasteiger partial charge is 0.267 e. The molecule has 1 fully saturated rings. The number of carbonyl (C=O) groups excluding carboxylic acids is 1. The summed E-state index contributed by atoms with van der Waals surface area (Å²) in [6.45, 7) is 0. The summed E-state index contributed by atoms with van der Waals surface area (Å²) in [4.78, 5) is 19.6. The van der Waals surface area contributed by atoms with Gasteiger partial charge in [0, 0.05) is 26.9 Å². The minimum absolute atomic E-state index is 0.0733. The molecule has 0 radical (unpaired) electrons. The van der Waals surface area contributed by atoms with Crippen molar-refractivity contribution in [3.05, 3.63) is 142 Å². The van der Waals surface area contributed by atoms with E-state index in [1.165, 1.54) is 0 Å². The number of halogens is 2. The predicted molar refractivity (Wildman–Crippen MR) is 172 cm³/mol. The van der Waals surface area contributed by atoms with Crippen molar-refractivity contribution < 1.29 is 4.79 Å². The van der Waals surface area contributed by atoms with Gasteiger partial charge in [-0.1, -0.05) is 96.0 Å². The molecule has 4 aromatic carbocycles. The Morgan fingerprint density at radius 2 is 1.52 bits per heavy atom. The highest BCUT2D eigenvalue weighted by Gasteiger charge is 2.44. The van der Waals surface area contributed by atoms with Gasteiger partial charge in [0.2, 0.25) is 0 Å². The van der Waals surface area contributed by atoms with E-state index in [4.69, 9.17) is 33.3 Å². The quantitative estimate of drug-likeness (QED) is 0.210. The standard InChI is InChI=1S/C36H27Cl2N3O/c37-27-17-13-23(14-18-27)21-26-9-6-11-30-34(26)40-41(35(30)25-15-19-28(38)20-16-25)36(42)31-22-33(24-7-2-1-3-8-24)39-32-12-5-4-10-29(31)32/h1-5,7-8,10,12-22,30,35H,6,9,11H2/b26-21-/t30-,35-/m1/s1. The van der Waals surface area contributed by atoms with E-state index in [1.54, 1.807) is 5.01 Å². The second-order valence-electron chi connectivity index (χ2n) is 10.8. The summed E-state index contributed by atoms with van der Waals surface area (Å²) in [7, 11) is 0. The van der Waals surface area contributed by atoms with Gasteiger partial charge in [-0.3, -0.25) is 4.79 Å². The third-order valence-corrected chi connectivity index (χ3v) is 8.65. The Hall–Kier alpha value is -4.25. The highest BCUT2D eigenvalue weighted by Crippen LogP contribution is 2.45. The van der Waals surface area contributed by atoms with Gasteiger partial charge < -0.3 is 0 Å². The summed E-state index contributed by atoms with van der Waals surface area (Å²) < 4.78 is 0. The number of amides is 1. The second-order valence-corrected chi connectivity index (χ2v) is 11.7. The Labute approximate surface area is 254 Å². The minimum atomic E-state index is -0.245. The van der Waals surface area contributed by atoms with Crippen LogP contribution in [0.5, 0.6) is 0 Å². The van der Waals surface area contributed by atoms with Crippen molar-refractivity contribution in [1.29, 1.82) is 0 Å². The molecule has 2 aliphatic rings. The number of nitrogens with zero attached hydrogens (tertiary/aromatic N) is 3. The maximum Gasteiger partial charge on any atom is 0.275 e. The fraction of sp³-hybridized carbons (Fsp3) is 0.139. The number of carbonyl (C=O) groups is 1. The summed E-state index contributed by atoms with van der Waals surface area (Å²) in [5, 5.41) is 9.01. The van der Waals surface area contributed by atoms with Crippen LogP contribution in [0, 0.1) is 5.92 Å². The lowest BCUT2D eigenvalue weighted by Gasteiger charge is -2.30. The molecule has 206 valence electrons. The van der Waals surface area contributed by atoms with Crippen LogP contribution in [-0.2, 0) is 0 Å². The van der Waals surface area contributed by atoms with Gasteiger partial charge in [0.15, 0.2) is 0 Å². The number of hydrazone groups is 1. The van der Waals surface area contributed by atoms with Crippen molar-refractivity contribution >= 4 is 51.8 Å². The molecular formula is C36H27Cl2N3O. The van der Waals surface area contributed by atoms with E-state index >= 15 is 0 Å². The number of aromatic nitrogens is 1. The zero-order valence-electron chi connectivity index (χ0n) is 22.8. The molecule has 6 heteroatoms. The number of benzene rings is 4. The maximum absolute atomic E-state index is 14.7. The molecule has 1 aliphatic heterocycles. The monoisotopic (exact) mass is 587 g/mol. The summed E-state index contributed by atoms with van der Waals surface area (Å²) in [5.41, 5.74) is 7.31.